The normalized spacial score (nSPS) is 10.7. The minimum absolute atomic E-state index is 0.0179. The van der Waals surface area contributed by atoms with Crippen LogP contribution in [-0.2, 0) is 10.0 Å². The highest BCUT2D eigenvalue weighted by Crippen LogP contribution is 2.20. The van der Waals surface area contributed by atoms with E-state index in [1.54, 1.807) is 0 Å². The molecule has 1 N–H and O–H groups in total. The van der Waals surface area contributed by atoms with E-state index in [2.05, 4.69) is 14.9 Å². The first-order valence-electron chi connectivity index (χ1n) is 5.04. The molecule has 0 radical (unpaired) electrons. The zero-order valence-electron chi connectivity index (χ0n) is 9.41. The molecule has 0 saturated carbocycles. The minimum atomic E-state index is -4.09. The third-order valence-electron chi connectivity index (χ3n) is 2.19. The third kappa shape index (κ3) is 2.66. The summed E-state index contributed by atoms with van der Waals surface area (Å²) in [6.45, 7) is 0. The van der Waals surface area contributed by atoms with Crippen LogP contribution in [0.5, 0.6) is 0 Å². The summed E-state index contributed by atoms with van der Waals surface area (Å²) in [7, 11) is -4.09. The van der Waals surface area contributed by atoms with Gasteiger partial charge in [0.1, 0.15) is 22.3 Å². The molecular formula is C11H7FN4O2S. The third-order valence-corrected chi connectivity index (χ3v) is 3.59. The fourth-order valence-electron chi connectivity index (χ4n) is 1.39. The minimum Gasteiger partial charge on any atom is -0.262 e. The van der Waals surface area contributed by atoms with Crippen LogP contribution in [0.25, 0.3) is 0 Å². The first kappa shape index (κ1) is 12.9. The van der Waals surface area contributed by atoms with Crippen molar-refractivity contribution in [2.75, 3.05) is 4.72 Å². The Hall–Kier alpha value is -2.53. The van der Waals surface area contributed by atoms with Gasteiger partial charge in [0, 0.05) is 6.20 Å². The Morgan fingerprint density at radius 1 is 1.26 bits per heavy atom. The van der Waals surface area contributed by atoms with Crippen molar-refractivity contribution in [1.29, 1.82) is 5.26 Å². The summed E-state index contributed by atoms with van der Waals surface area (Å²) < 4.78 is 39.6. The number of rotatable bonds is 3. The van der Waals surface area contributed by atoms with Gasteiger partial charge in [-0.25, -0.2) is 12.8 Å². The van der Waals surface area contributed by atoms with Crippen molar-refractivity contribution < 1.29 is 12.8 Å². The van der Waals surface area contributed by atoms with E-state index in [4.69, 9.17) is 5.26 Å². The van der Waals surface area contributed by atoms with E-state index in [1.165, 1.54) is 30.5 Å². The molecule has 0 atom stereocenters. The number of halogens is 1. The second kappa shape index (κ2) is 4.99. The van der Waals surface area contributed by atoms with Crippen LogP contribution < -0.4 is 4.72 Å². The van der Waals surface area contributed by atoms with Crippen LogP contribution in [0.4, 0.5) is 10.2 Å². The largest absolute Gasteiger partial charge is 0.264 e. The zero-order valence-corrected chi connectivity index (χ0v) is 10.2. The van der Waals surface area contributed by atoms with Crippen molar-refractivity contribution >= 4 is 15.8 Å². The van der Waals surface area contributed by atoms with Gasteiger partial charge >= 0.3 is 0 Å². The van der Waals surface area contributed by atoms with Crippen LogP contribution >= 0.6 is 0 Å². The molecule has 0 aliphatic rings. The Balaban J connectivity index is 2.47. The molecular weight excluding hydrogens is 271 g/mol. The maximum absolute atomic E-state index is 13.4. The van der Waals surface area contributed by atoms with Crippen molar-refractivity contribution in [3.63, 3.8) is 0 Å². The monoisotopic (exact) mass is 278 g/mol. The molecule has 0 aliphatic heterocycles. The number of aromatic nitrogens is 2. The van der Waals surface area contributed by atoms with Crippen LogP contribution in [-0.4, -0.2) is 18.6 Å². The number of hydrogen-bond acceptors (Lipinski definition) is 5. The molecule has 0 fully saturated rings. The summed E-state index contributed by atoms with van der Waals surface area (Å²) in [5.41, 5.74) is -0.543. The van der Waals surface area contributed by atoms with Gasteiger partial charge in [-0.1, -0.05) is 6.07 Å². The molecule has 0 aliphatic carbocycles. The average molecular weight is 278 g/mol. The van der Waals surface area contributed by atoms with E-state index in [0.717, 1.165) is 12.1 Å². The molecule has 1 aromatic heterocycles. The van der Waals surface area contributed by atoms with E-state index < -0.39 is 26.3 Å². The SMILES string of the molecule is N#Cc1c(F)cccc1S(=O)(=O)Nc1cccnn1. The smallest absolute Gasteiger partial charge is 0.262 e. The van der Waals surface area contributed by atoms with Gasteiger partial charge in [-0.15, -0.1) is 5.10 Å². The Kier molecular flexibility index (Phi) is 3.39. The summed E-state index contributed by atoms with van der Waals surface area (Å²) in [6.07, 6.45) is 1.38. The first-order valence-corrected chi connectivity index (χ1v) is 6.52. The van der Waals surface area contributed by atoms with E-state index in [-0.39, 0.29) is 5.82 Å². The summed E-state index contributed by atoms with van der Waals surface area (Å²) in [4.78, 5) is -0.444. The van der Waals surface area contributed by atoms with E-state index in [9.17, 15) is 12.8 Å². The topological polar surface area (TPSA) is 95.7 Å². The lowest BCUT2D eigenvalue weighted by molar-refractivity contribution is 0.593. The van der Waals surface area contributed by atoms with Crippen LogP contribution in [0.3, 0.4) is 0 Å². The maximum atomic E-state index is 13.4. The van der Waals surface area contributed by atoms with Crippen LogP contribution in [0.15, 0.2) is 41.4 Å². The number of hydrogen-bond donors (Lipinski definition) is 1. The number of nitrogens with one attached hydrogen (secondary N) is 1. The summed E-state index contributed by atoms with van der Waals surface area (Å²) in [5, 5.41) is 15.9. The highest BCUT2D eigenvalue weighted by molar-refractivity contribution is 7.92. The molecule has 0 bridgehead atoms. The second-order valence-electron chi connectivity index (χ2n) is 3.44. The number of nitriles is 1. The van der Waals surface area contributed by atoms with Gasteiger partial charge in [0.2, 0.25) is 0 Å². The highest BCUT2D eigenvalue weighted by Gasteiger charge is 2.21. The fourth-order valence-corrected chi connectivity index (χ4v) is 2.55. The van der Waals surface area contributed by atoms with Gasteiger partial charge in [-0.05, 0) is 24.3 Å². The van der Waals surface area contributed by atoms with Gasteiger partial charge in [0.05, 0.1) is 0 Å². The van der Waals surface area contributed by atoms with Gasteiger partial charge in [-0.3, -0.25) is 4.72 Å². The summed E-state index contributed by atoms with van der Waals surface area (Å²) >= 11 is 0. The lowest BCUT2D eigenvalue weighted by Gasteiger charge is -2.08. The second-order valence-corrected chi connectivity index (χ2v) is 5.09. The van der Waals surface area contributed by atoms with Gasteiger partial charge < -0.3 is 0 Å². The molecule has 1 aromatic carbocycles. The Bertz CT molecular complexity index is 741. The first-order chi connectivity index (χ1) is 9.04. The molecule has 0 unspecified atom stereocenters. The molecule has 1 heterocycles. The van der Waals surface area contributed by atoms with Crippen molar-refractivity contribution in [3.8, 4) is 6.07 Å². The molecule has 96 valence electrons. The molecule has 8 heteroatoms. The number of nitrogens with zero attached hydrogens (tertiary/aromatic N) is 3. The maximum Gasteiger partial charge on any atom is 0.264 e. The number of benzene rings is 1. The average Bonchev–Trinajstić information content (AvgIpc) is 2.39. The zero-order chi connectivity index (χ0) is 13.9. The lowest BCUT2D eigenvalue weighted by Crippen LogP contribution is -2.16. The van der Waals surface area contributed by atoms with Crippen molar-refractivity contribution in [2.24, 2.45) is 0 Å². The molecule has 6 nitrogen and oxygen atoms in total. The summed E-state index contributed by atoms with van der Waals surface area (Å²) in [6, 6.07) is 7.76. The van der Waals surface area contributed by atoms with E-state index in [0.29, 0.717) is 0 Å². The van der Waals surface area contributed by atoms with Gasteiger partial charge in [-0.2, -0.15) is 10.4 Å². The Labute approximate surface area is 108 Å². The van der Waals surface area contributed by atoms with Gasteiger partial charge in [0.15, 0.2) is 5.82 Å². The quantitative estimate of drug-likeness (QED) is 0.912. The molecule has 0 saturated heterocycles. The fraction of sp³-hybridized carbons (Fsp3) is 0. The van der Waals surface area contributed by atoms with Crippen LogP contribution in [0.1, 0.15) is 5.56 Å². The Morgan fingerprint density at radius 3 is 2.68 bits per heavy atom. The van der Waals surface area contributed by atoms with E-state index >= 15 is 0 Å². The van der Waals surface area contributed by atoms with Crippen molar-refractivity contribution in [2.45, 2.75) is 4.90 Å². The molecule has 2 aromatic rings. The highest BCUT2D eigenvalue weighted by atomic mass is 32.2. The Morgan fingerprint density at radius 2 is 2.05 bits per heavy atom. The van der Waals surface area contributed by atoms with Crippen molar-refractivity contribution in [1.82, 2.24) is 10.2 Å². The summed E-state index contributed by atoms with van der Waals surface area (Å²) in [5.74, 6) is -0.917. The molecule has 2 rings (SSSR count). The molecule has 0 amide bonds. The van der Waals surface area contributed by atoms with E-state index in [1.807, 2.05) is 0 Å². The van der Waals surface area contributed by atoms with Crippen molar-refractivity contribution in [3.05, 3.63) is 47.9 Å². The predicted molar refractivity (Wildman–Crippen MR) is 64.0 cm³/mol. The molecule has 0 spiro atoms. The van der Waals surface area contributed by atoms with Gasteiger partial charge in [0.25, 0.3) is 10.0 Å². The number of anilines is 1. The predicted octanol–water partition coefficient (Wildman–Crippen LogP) is 1.29. The van der Waals surface area contributed by atoms with Crippen LogP contribution in [0, 0.1) is 17.1 Å². The van der Waals surface area contributed by atoms with Crippen LogP contribution in [0.2, 0.25) is 0 Å². The number of sulfonamides is 1. The standard InChI is InChI=1S/C11H7FN4O2S/c12-9-3-1-4-10(8(9)7-13)19(17,18)16-11-5-2-6-14-15-11/h1-6H,(H,15,16). The lowest BCUT2D eigenvalue weighted by atomic mass is 10.2. The molecule has 19 heavy (non-hydrogen) atoms.